The van der Waals surface area contributed by atoms with Crippen LogP contribution in [0.15, 0.2) is 42.7 Å². The molecule has 80 valence electrons. The van der Waals surface area contributed by atoms with Crippen LogP contribution in [0.3, 0.4) is 0 Å². The summed E-state index contributed by atoms with van der Waals surface area (Å²) in [4.78, 5) is 19.8. The number of anilines is 1. The molecular formula is C12H11N3O. The van der Waals surface area contributed by atoms with Crippen LogP contribution < -0.4 is 5.32 Å². The van der Waals surface area contributed by atoms with Gasteiger partial charge in [-0.2, -0.15) is 0 Å². The molecule has 1 N–H and O–H groups in total. The number of hydrogen-bond donors (Lipinski definition) is 1. The molecule has 1 amide bonds. The average Bonchev–Trinajstić information content (AvgIpc) is 2.30. The van der Waals surface area contributed by atoms with E-state index in [0.29, 0.717) is 5.69 Å². The first kappa shape index (κ1) is 10.3. The number of aromatic nitrogens is 2. The summed E-state index contributed by atoms with van der Waals surface area (Å²) < 4.78 is 0. The highest BCUT2D eigenvalue weighted by Crippen LogP contribution is 2.08. The van der Waals surface area contributed by atoms with Crippen LogP contribution in [-0.2, 0) is 0 Å². The first-order valence-corrected chi connectivity index (χ1v) is 4.91. The number of nitrogens with zero attached hydrogens (tertiary/aromatic N) is 2. The lowest BCUT2D eigenvalue weighted by molar-refractivity contribution is 0.102. The summed E-state index contributed by atoms with van der Waals surface area (Å²) in [6.07, 6.45) is 3.25. The molecule has 0 aliphatic heterocycles. The van der Waals surface area contributed by atoms with E-state index in [1.807, 2.05) is 6.92 Å². The van der Waals surface area contributed by atoms with Gasteiger partial charge in [0, 0.05) is 23.8 Å². The van der Waals surface area contributed by atoms with Gasteiger partial charge in [-0.1, -0.05) is 6.07 Å². The largest absolute Gasteiger partial charge is 0.321 e. The van der Waals surface area contributed by atoms with Gasteiger partial charge >= 0.3 is 0 Å². The molecule has 0 unspecified atom stereocenters. The molecule has 0 aliphatic carbocycles. The summed E-state index contributed by atoms with van der Waals surface area (Å²) in [5.41, 5.74) is 1.99. The minimum atomic E-state index is -0.216. The van der Waals surface area contributed by atoms with E-state index in [9.17, 15) is 4.79 Å². The average molecular weight is 213 g/mol. The third-order valence-corrected chi connectivity index (χ3v) is 2.05. The molecule has 2 aromatic heterocycles. The van der Waals surface area contributed by atoms with Gasteiger partial charge in [0.2, 0.25) is 0 Å². The van der Waals surface area contributed by atoms with Crippen molar-refractivity contribution in [2.45, 2.75) is 6.92 Å². The highest BCUT2D eigenvalue weighted by atomic mass is 16.1. The summed E-state index contributed by atoms with van der Waals surface area (Å²) in [6.45, 7) is 1.87. The van der Waals surface area contributed by atoms with Gasteiger partial charge in [-0.05, 0) is 31.2 Å². The maximum Gasteiger partial charge on any atom is 0.274 e. The smallest absolute Gasteiger partial charge is 0.274 e. The second-order valence-electron chi connectivity index (χ2n) is 3.36. The molecule has 0 radical (unpaired) electrons. The predicted octanol–water partition coefficient (Wildman–Crippen LogP) is 2.04. The normalized spacial score (nSPS) is 9.81. The molecule has 4 nitrogen and oxygen atoms in total. The van der Waals surface area contributed by atoms with Gasteiger partial charge in [0.15, 0.2) is 0 Å². The van der Waals surface area contributed by atoms with Crippen LogP contribution in [-0.4, -0.2) is 15.9 Å². The van der Waals surface area contributed by atoms with Crippen molar-refractivity contribution in [2.24, 2.45) is 0 Å². The molecule has 0 aliphatic rings. The Morgan fingerprint density at radius 2 is 2.06 bits per heavy atom. The lowest BCUT2D eigenvalue weighted by atomic mass is 10.3. The lowest BCUT2D eigenvalue weighted by Gasteiger charge is -2.04. The molecule has 0 atom stereocenters. The van der Waals surface area contributed by atoms with Gasteiger partial charge in [0.05, 0.1) is 0 Å². The van der Waals surface area contributed by atoms with Crippen LogP contribution in [0, 0.1) is 6.92 Å². The quantitative estimate of drug-likeness (QED) is 0.830. The van der Waals surface area contributed by atoms with Crippen LogP contribution in [0.2, 0.25) is 0 Å². The predicted molar refractivity (Wildman–Crippen MR) is 61.2 cm³/mol. The van der Waals surface area contributed by atoms with Crippen molar-refractivity contribution in [1.29, 1.82) is 0 Å². The van der Waals surface area contributed by atoms with Crippen molar-refractivity contribution in [3.8, 4) is 0 Å². The number of hydrogen-bond acceptors (Lipinski definition) is 3. The van der Waals surface area contributed by atoms with Crippen molar-refractivity contribution in [3.63, 3.8) is 0 Å². The van der Waals surface area contributed by atoms with Gasteiger partial charge in [-0.15, -0.1) is 0 Å². The number of pyridine rings is 2. The molecule has 2 rings (SSSR count). The molecule has 0 bridgehead atoms. The maximum atomic E-state index is 11.7. The number of carbonyl (C=O) groups is 1. The van der Waals surface area contributed by atoms with Gasteiger partial charge < -0.3 is 5.32 Å². The Morgan fingerprint density at radius 3 is 2.75 bits per heavy atom. The SMILES string of the molecule is Cc1cc(NC(=O)c2ccccn2)ccn1. The molecular weight excluding hydrogens is 202 g/mol. The van der Waals surface area contributed by atoms with Crippen LogP contribution >= 0.6 is 0 Å². The Labute approximate surface area is 93.4 Å². The Balaban J connectivity index is 2.14. The molecule has 0 fully saturated rings. The maximum absolute atomic E-state index is 11.7. The fourth-order valence-electron chi connectivity index (χ4n) is 1.32. The van der Waals surface area contributed by atoms with Gasteiger partial charge in [-0.3, -0.25) is 14.8 Å². The Morgan fingerprint density at radius 1 is 1.19 bits per heavy atom. The summed E-state index contributed by atoms with van der Waals surface area (Å²) in [7, 11) is 0. The lowest BCUT2D eigenvalue weighted by Crippen LogP contribution is -2.13. The van der Waals surface area contributed by atoms with Crippen molar-refractivity contribution in [3.05, 3.63) is 54.1 Å². The number of amides is 1. The van der Waals surface area contributed by atoms with E-state index in [1.165, 1.54) is 0 Å². The zero-order valence-corrected chi connectivity index (χ0v) is 8.84. The second kappa shape index (κ2) is 4.53. The van der Waals surface area contributed by atoms with E-state index < -0.39 is 0 Å². The second-order valence-corrected chi connectivity index (χ2v) is 3.36. The molecule has 0 aromatic carbocycles. The topological polar surface area (TPSA) is 54.9 Å². The molecule has 2 heterocycles. The van der Waals surface area contributed by atoms with Gasteiger partial charge in [0.1, 0.15) is 5.69 Å². The molecule has 0 saturated carbocycles. The molecule has 0 saturated heterocycles. The Hall–Kier alpha value is -2.23. The highest BCUT2D eigenvalue weighted by Gasteiger charge is 2.06. The van der Waals surface area contributed by atoms with E-state index in [2.05, 4.69) is 15.3 Å². The summed E-state index contributed by atoms with van der Waals surface area (Å²) in [5.74, 6) is -0.216. The molecule has 0 spiro atoms. The van der Waals surface area contributed by atoms with Gasteiger partial charge in [0.25, 0.3) is 5.91 Å². The Kier molecular flexibility index (Phi) is 2.91. The van der Waals surface area contributed by atoms with Gasteiger partial charge in [-0.25, -0.2) is 0 Å². The minimum absolute atomic E-state index is 0.216. The van der Waals surface area contributed by atoms with Crippen molar-refractivity contribution in [1.82, 2.24) is 9.97 Å². The fraction of sp³-hybridized carbons (Fsp3) is 0.0833. The van der Waals surface area contributed by atoms with E-state index in [0.717, 1.165) is 11.4 Å². The van der Waals surface area contributed by atoms with Crippen LogP contribution in [0.1, 0.15) is 16.2 Å². The number of nitrogens with one attached hydrogen (secondary N) is 1. The van der Waals surface area contributed by atoms with Crippen molar-refractivity contribution in [2.75, 3.05) is 5.32 Å². The minimum Gasteiger partial charge on any atom is -0.321 e. The van der Waals surface area contributed by atoms with Crippen LogP contribution in [0.4, 0.5) is 5.69 Å². The standard InChI is InChI=1S/C12H11N3O/c1-9-8-10(5-7-13-9)15-12(16)11-4-2-3-6-14-11/h2-8H,1H3,(H,13,15,16). The molecule has 2 aromatic rings. The molecule has 16 heavy (non-hydrogen) atoms. The summed E-state index contributed by atoms with van der Waals surface area (Å²) in [6, 6.07) is 8.77. The summed E-state index contributed by atoms with van der Waals surface area (Å²) in [5, 5.41) is 2.76. The highest BCUT2D eigenvalue weighted by molar-refractivity contribution is 6.02. The number of carbonyl (C=O) groups excluding carboxylic acids is 1. The monoisotopic (exact) mass is 213 g/mol. The van der Waals surface area contributed by atoms with E-state index in [-0.39, 0.29) is 5.91 Å². The van der Waals surface area contributed by atoms with E-state index in [4.69, 9.17) is 0 Å². The summed E-state index contributed by atoms with van der Waals surface area (Å²) >= 11 is 0. The number of rotatable bonds is 2. The zero-order chi connectivity index (χ0) is 11.4. The zero-order valence-electron chi connectivity index (χ0n) is 8.84. The van der Waals surface area contributed by atoms with E-state index in [1.54, 1.807) is 42.7 Å². The van der Waals surface area contributed by atoms with E-state index >= 15 is 0 Å². The van der Waals surface area contributed by atoms with Crippen molar-refractivity contribution < 1.29 is 4.79 Å². The third-order valence-electron chi connectivity index (χ3n) is 2.05. The Bertz CT molecular complexity index is 497. The third kappa shape index (κ3) is 2.42. The fourth-order valence-corrected chi connectivity index (χ4v) is 1.32. The first-order chi connectivity index (χ1) is 7.75. The number of aryl methyl sites for hydroxylation is 1. The first-order valence-electron chi connectivity index (χ1n) is 4.91. The van der Waals surface area contributed by atoms with Crippen molar-refractivity contribution >= 4 is 11.6 Å². The van der Waals surface area contributed by atoms with Crippen LogP contribution in [0.5, 0.6) is 0 Å². The van der Waals surface area contributed by atoms with Crippen LogP contribution in [0.25, 0.3) is 0 Å². The molecule has 4 heteroatoms.